The SMILES string of the molecule is C[C@@H](NC(=O)Cn1c(-c2cscn2)nc2ccccc21)c1ccc(Cl)cc1Cl. The van der Waals surface area contributed by atoms with Gasteiger partial charge in [-0.15, -0.1) is 11.3 Å². The van der Waals surface area contributed by atoms with Crippen LogP contribution in [-0.4, -0.2) is 20.4 Å². The molecule has 142 valence electrons. The molecule has 1 atom stereocenters. The molecule has 0 radical (unpaired) electrons. The molecule has 0 aliphatic heterocycles. The van der Waals surface area contributed by atoms with E-state index in [0.717, 1.165) is 22.3 Å². The fraction of sp³-hybridized carbons (Fsp3) is 0.150. The Bertz CT molecular complexity index is 1140. The smallest absolute Gasteiger partial charge is 0.240 e. The Hall–Kier alpha value is -2.41. The maximum absolute atomic E-state index is 12.8. The molecule has 0 fully saturated rings. The highest BCUT2D eigenvalue weighted by Gasteiger charge is 2.18. The Labute approximate surface area is 176 Å². The zero-order chi connectivity index (χ0) is 19.7. The molecule has 8 heteroatoms. The maximum atomic E-state index is 12.8. The van der Waals surface area contributed by atoms with Crippen molar-refractivity contribution in [1.82, 2.24) is 19.9 Å². The number of benzene rings is 2. The van der Waals surface area contributed by atoms with Crippen LogP contribution in [0.1, 0.15) is 18.5 Å². The van der Waals surface area contributed by atoms with Crippen LogP contribution in [0.15, 0.2) is 53.4 Å². The molecule has 0 aliphatic carbocycles. The fourth-order valence-corrected chi connectivity index (χ4v) is 4.22. The first-order chi connectivity index (χ1) is 13.5. The molecule has 5 nitrogen and oxygen atoms in total. The van der Waals surface area contributed by atoms with Gasteiger partial charge in [-0.05, 0) is 36.8 Å². The Balaban J connectivity index is 1.61. The average molecular weight is 431 g/mol. The summed E-state index contributed by atoms with van der Waals surface area (Å²) in [6, 6.07) is 12.7. The summed E-state index contributed by atoms with van der Waals surface area (Å²) in [6.07, 6.45) is 0. The van der Waals surface area contributed by atoms with Crippen LogP contribution in [0.5, 0.6) is 0 Å². The summed E-state index contributed by atoms with van der Waals surface area (Å²) < 4.78 is 1.88. The first-order valence-electron chi connectivity index (χ1n) is 8.61. The molecule has 4 aromatic rings. The quantitative estimate of drug-likeness (QED) is 0.464. The molecule has 0 aliphatic rings. The van der Waals surface area contributed by atoms with Gasteiger partial charge in [0.2, 0.25) is 5.91 Å². The molecule has 0 saturated heterocycles. The van der Waals surface area contributed by atoms with Gasteiger partial charge in [-0.1, -0.05) is 41.4 Å². The van der Waals surface area contributed by atoms with E-state index in [4.69, 9.17) is 23.2 Å². The predicted molar refractivity (Wildman–Crippen MR) is 114 cm³/mol. The average Bonchev–Trinajstić information content (AvgIpc) is 3.30. The van der Waals surface area contributed by atoms with E-state index in [-0.39, 0.29) is 18.5 Å². The molecule has 0 unspecified atom stereocenters. The number of nitrogens with zero attached hydrogens (tertiary/aromatic N) is 3. The van der Waals surface area contributed by atoms with Gasteiger partial charge in [0.1, 0.15) is 12.2 Å². The number of hydrogen-bond donors (Lipinski definition) is 1. The third kappa shape index (κ3) is 3.76. The second-order valence-corrected chi connectivity index (χ2v) is 7.90. The van der Waals surface area contributed by atoms with E-state index >= 15 is 0 Å². The van der Waals surface area contributed by atoms with Gasteiger partial charge in [-0.2, -0.15) is 0 Å². The molecule has 2 aromatic heterocycles. The number of hydrogen-bond acceptors (Lipinski definition) is 4. The number of para-hydroxylation sites is 2. The highest BCUT2D eigenvalue weighted by atomic mass is 35.5. The molecule has 0 bridgehead atoms. The largest absolute Gasteiger partial charge is 0.348 e. The predicted octanol–water partition coefficient (Wildman–Crippen LogP) is 5.34. The second kappa shape index (κ2) is 7.91. The van der Waals surface area contributed by atoms with Crippen LogP contribution in [0.25, 0.3) is 22.6 Å². The summed E-state index contributed by atoms with van der Waals surface area (Å²) in [7, 11) is 0. The number of imidazole rings is 1. The third-order valence-corrected chi connectivity index (χ3v) is 5.57. The lowest BCUT2D eigenvalue weighted by Gasteiger charge is -2.17. The minimum absolute atomic E-state index is 0.128. The van der Waals surface area contributed by atoms with E-state index in [0.29, 0.717) is 15.9 Å². The van der Waals surface area contributed by atoms with Crippen molar-refractivity contribution in [3.8, 4) is 11.5 Å². The minimum atomic E-state index is -0.255. The Kier molecular flexibility index (Phi) is 5.35. The van der Waals surface area contributed by atoms with Gasteiger partial charge in [0.15, 0.2) is 5.82 Å². The van der Waals surface area contributed by atoms with Gasteiger partial charge in [0, 0.05) is 15.4 Å². The van der Waals surface area contributed by atoms with Crippen molar-refractivity contribution in [3.05, 3.63) is 69.0 Å². The Morgan fingerprint density at radius 1 is 1.25 bits per heavy atom. The van der Waals surface area contributed by atoms with Crippen molar-refractivity contribution in [2.45, 2.75) is 19.5 Å². The summed E-state index contributed by atoms with van der Waals surface area (Å²) in [6.45, 7) is 2.02. The molecular weight excluding hydrogens is 415 g/mol. The van der Waals surface area contributed by atoms with Gasteiger partial charge >= 0.3 is 0 Å². The number of halogens is 2. The number of carbonyl (C=O) groups is 1. The van der Waals surface area contributed by atoms with Crippen molar-refractivity contribution in [1.29, 1.82) is 0 Å². The molecule has 0 saturated carbocycles. The van der Waals surface area contributed by atoms with E-state index in [1.54, 1.807) is 17.6 Å². The first kappa shape index (κ1) is 18.9. The highest BCUT2D eigenvalue weighted by Crippen LogP contribution is 2.27. The molecule has 2 aromatic carbocycles. The van der Waals surface area contributed by atoms with Gasteiger partial charge in [0.25, 0.3) is 0 Å². The summed E-state index contributed by atoms with van der Waals surface area (Å²) in [4.78, 5) is 21.8. The van der Waals surface area contributed by atoms with Crippen molar-refractivity contribution < 1.29 is 4.79 Å². The van der Waals surface area contributed by atoms with E-state index in [1.165, 1.54) is 11.3 Å². The molecule has 1 amide bonds. The summed E-state index contributed by atoms with van der Waals surface area (Å²) in [5.74, 6) is 0.535. The monoisotopic (exact) mass is 430 g/mol. The van der Waals surface area contributed by atoms with E-state index in [2.05, 4.69) is 15.3 Å². The summed E-state index contributed by atoms with van der Waals surface area (Å²) in [5.41, 5.74) is 5.03. The lowest BCUT2D eigenvalue weighted by molar-refractivity contribution is -0.122. The topological polar surface area (TPSA) is 59.8 Å². The normalized spacial score (nSPS) is 12.2. The lowest BCUT2D eigenvalue weighted by Crippen LogP contribution is -2.30. The Morgan fingerprint density at radius 3 is 2.82 bits per heavy atom. The van der Waals surface area contributed by atoms with Crippen LogP contribution >= 0.6 is 34.5 Å². The summed E-state index contributed by atoms with van der Waals surface area (Å²) in [5, 5.41) is 6.01. The Morgan fingerprint density at radius 2 is 2.07 bits per heavy atom. The van der Waals surface area contributed by atoms with Gasteiger partial charge in [-0.25, -0.2) is 9.97 Å². The zero-order valence-corrected chi connectivity index (χ0v) is 17.2. The zero-order valence-electron chi connectivity index (χ0n) is 14.9. The van der Waals surface area contributed by atoms with E-state index in [1.807, 2.05) is 47.2 Å². The fourth-order valence-electron chi connectivity index (χ4n) is 3.12. The van der Waals surface area contributed by atoms with Crippen LogP contribution in [0.2, 0.25) is 10.0 Å². The van der Waals surface area contributed by atoms with Crippen molar-refractivity contribution in [2.75, 3.05) is 0 Å². The van der Waals surface area contributed by atoms with Gasteiger partial charge < -0.3 is 9.88 Å². The number of fused-ring (bicyclic) bond motifs is 1. The number of carbonyl (C=O) groups excluding carboxylic acids is 1. The number of thiazole rings is 1. The minimum Gasteiger partial charge on any atom is -0.348 e. The molecule has 4 rings (SSSR count). The van der Waals surface area contributed by atoms with Crippen LogP contribution in [-0.2, 0) is 11.3 Å². The second-order valence-electron chi connectivity index (χ2n) is 6.34. The summed E-state index contributed by atoms with van der Waals surface area (Å²) >= 11 is 13.7. The number of amides is 1. The molecule has 28 heavy (non-hydrogen) atoms. The molecular formula is C20H16Cl2N4OS. The molecule has 1 N–H and O–H groups in total. The number of rotatable bonds is 5. The number of nitrogens with one attached hydrogen (secondary N) is 1. The maximum Gasteiger partial charge on any atom is 0.240 e. The standard InChI is InChI=1S/C20H16Cl2N4OS/c1-12(14-7-6-13(21)8-15(14)22)24-19(27)9-26-18-5-3-2-4-16(18)25-20(26)17-10-28-11-23-17/h2-8,10-12H,9H2,1H3,(H,24,27)/t12-/m1/s1. The van der Waals surface area contributed by atoms with Crippen molar-refractivity contribution in [2.24, 2.45) is 0 Å². The lowest BCUT2D eigenvalue weighted by atomic mass is 10.1. The first-order valence-corrected chi connectivity index (χ1v) is 10.3. The van der Waals surface area contributed by atoms with Gasteiger partial charge in [0.05, 0.1) is 22.6 Å². The van der Waals surface area contributed by atoms with Crippen LogP contribution in [0.3, 0.4) is 0 Å². The van der Waals surface area contributed by atoms with E-state index < -0.39 is 0 Å². The van der Waals surface area contributed by atoms with Crippen molar-refractivity contribution >= 4 is 51.5 Å². The highest BCUT2D eigenvalue weighted by molar-refractivity contribution is 7.07. The van der Waals surface area contributed by atoms with E-state index in [9.17, 15) is 4.79 Å². The van der Waals surface area contributed by atoms with Gasteiger partial charge in [-0.3, -0.25) is 4.79 Å². The molecule has 2 heterocycles. The van der Waals surface area contributed by atoms with Crippen LogP contribution < -0.4 is 5.32 Å². The number of aromatic nitrogens is 3. The third-order valence-electron chi connectivity index (χ3n) is 4.42. The van der Waals surface area contributed by atoms with Crippen molar-refractivity contribution in [3.63, 3.8) is 0 Å². The molecule has 0 spiro atoms. The van der Waals surface area contributed by atoms with Crippen LogP contribution in [0, 0.1) is 0 Å². The van der Waals surface area contributed by atoms with Crippen LogP contribution in [0.4, 0.5) is 0 Å².